The number of esters is 1. The molecule has 1 aliphatic rings. The van der Waals surface area contributed by atoms with E-state index in [0.29, 0.717) is 17.2 Å². The van der Waals surface area contributed by atoms with E-state index in [-0.39, 0.29) is 25.1 Å². The first kappa shape index (κ1) is 17.8. The summed E-state index contributed by atoms with van der Waals surface area (Å²) >= 11 is 0. The predicted octanol–water partition coefficient (Wildman–Crippen LogP) is 0.883. The Balaban J connectivity index is 1.66. The third kappa shape index (κ3) is 5.57. The second-order valence-corrected chi connectivity index (χ2v) is 5.77. The highest BCUT2D eigenvalue weighted by Gasteiger charge is 2.28. The number of carbonyl (C=O) groups is 3. The molecule has 1 aliphatic carbocycles. The van der Waals surface area contributed by atoms with Crippen molar-refractivity contribution in [1.82, 2.24) is 10.6 Å². The van der Waals surface area contributed by atoms with Crippen LogP contribution in [0.2, 0.25) is 0 Å². The summed E-state index contributed by atoms with van der Waals surface area (Å²) in [4.78, 5) is 35.1. The van der Waals surface area contributed by atoms with Crippen LogP contribution in [0, 0.1) is 5.92 Å². The van der Waals surface area contributed by atoms with E-state index in [1.54, 1.807) is 24.3 Å². The second-order valence-electron chi connectivity index (χ2n) is 5.77. The van der Waals surface area contributed by atoms with Gasteiger partial charge < -0.3 is 20.1 Å². The zero-order chi connectivity index (χ0) is 17.5. The van der Waals surface area contributed by atoms with Crippen molar-refractivity contribution in [3.05, 3.63) is 29.8 Å². The van der Waals surface area contributed by atoms with Gasteiger partial charge in [-0.2, -0.15) is 0 Å². The molecule has 0 aliphatic heterocycles. The van der Waals surface area contributed by atoms with E-state index >= 15 is 0 Å². The Kier molecular flexibility index (Phi) is 6.17. The molecule has 2 N–H and O–H groups in total. The first-order valence-electron chi connectivity index (χ1n) is 7.87. The van der Waals surface area contributed by atoms with Crippen LogP contribution in [0.3, 0.4) is 0 Å². The number of methoxy groups -OCH3 is 1. The number of ether oxygens (including phenoxy) is 2. The van der Waals surface area contributed by atoms with Crippen LogP contribution in [0.15, 0.2) is 24.3 Å². The van der Waals surface area contributed by atoms with Gasteiger partial charge in [-0.25, -0.2) is 0 Å². The summed E-state index contributed by atoms with van der Waals surface area (Å²) in [5.74, 6) is -0.220. The summed E-state index contributed by atoms with van der Waals surface area (Å²) in [6.45, 7) is 1.30. The normalized spacial score (nSPS) is 14.4. The molecule has 2 rings (SSSR count). The van der Waals surface area contributed by atoms with Crippen molar-refractivity contribution in [2.24, 2.45) is 5.92 Å². The third-order valence-electron chi connectivity index (χ3n) is 3.83. The molecule has 1 aromatic carbocycles. The van der Waals surface area contributed by atoms with Gasteiger partial charge in [0.15, 0.2) is 6.61 Å². The quantitative estimate of drug-likeness (QED) is 0.689. The zero-order valence-corrected chi connectivity index (χ0v) is 13.8. The van der Waals surface area contributed by atoms with Crippen LogP contribution in [-0.4, -0.2) is 44.1 Å². The lowest BCUT2D eigenvalue weighted by Crippen LogP contribution is -2.38. The van der Waals surface area contributed by atoms with E-state index in [2.05, 4.69) is 10.6 Å². The van der Waals surface area contributed by atoms with E-state index < -0.39 is 11.9 Å². The smallest absolute Gasteiger partial charge is 0.325 e. The summed E-state index contributed by atoms with van der Waals surface area (Å²) in [6.07, 6.45) is 2.25. The lowest BCUT2D eigenvalue weighted by atomic mass is 10.2. The maximum atomic E-state index is 11.9. The molecule has 0 radical (unpaired) electrons. The SMILES string of the molecule is COc1ccc(C(=O)NCC(=O)OCC(=O)N[C@@H](C)C2CC2)cc1. The summed E-state index contributed by atoms with van der Waals surface area (Å²) in [7, 11) is 1.53. The molecule has 130 valence electrons. The molecule has 0 saturated heterocycles. The third-order valence-corrected chi connectivity index (χ3v) is 3.83. The van der Waals surface area contributed by atoms with Crippen molar-refractivity contribution < 1.29 is 23.9 Å². The summed E-state index contributed by atoms with van der Waals surface area (Å²) < 4.78 is 9.85. The minimum absolute atomic E-state index is 0.103. The Morgan fingerprint density at radius 1 is 1.21 bits per heavy atom. The molecule has 7 nitrogen and oxygen atoms in total. The molecule has 24 heavy (non-hydrogen) atoms. The fraction of sp³-hybridized carbons (Fsp3) is 0.471. The van der Waals surface area contributed by atoms with Crippen LogP contribution < -0.4 is 15.4 Å². The van der Waals surface area contributed by atoms with Crippen molar-refractivity contribution in [1.29, 1.82) is 0 Å². The van der Waals surface area contributed by atoms with Crippen molar-refractivity contribution in [3.8, 4) is 5.75 Å². The van der Waals surface area contributed by atoms with Crippen LogP contribution in [0.1, 0.15) is 30.1 Å². The number of carbonyl (C=O) groups excluding carboxylic acids is 3. The van der Waals surface area contributed by atoms with Crippen molar-refractivity contribution in [2.45, 2.75) is 25.8 Å². The fourth-order valence-electron chi connectivity index (χ4n) is 2.20. The average molecular weight is 334 g/mol. The van der Waals surface area contributed by atoms with E-state index in [1.165, 1.54) is 7.11 Å². The Morgan fingerprint density at radius 3 is 2.46 bits per heavy atom. The number of benzene rings is 1. The first-order valence-corrected chi connectivity index (χ1v) is 7.87. The monoisotopic (exact) mass is 334 g/mol. The lowest BCUT2D eigenvalue weighted by Gasteiger charge is -2.12. The van der Waals surface area contributed by atoms with Gasteiger partial charge in [0.1, 0.15) is 12.3 Å². The highest BCUT2D eigenvalue weighted by atomic mass is 16.5. The number of amides is 2. The van der Waals surface area contributed by atoms with Crippen LogP contribution in [0.4, 0.5) is 0 Å². The van der Waals surface area contributed by atoms with Crippen LogP contribution in [-0.2, 0) is 14.3 Å². The molecule has 1 aromatic rings. The van der Waals surface area contributed by atoms with Gasteiger partial charge in [0, 0.05) is 11.6 Å². The summed E-state index contributed by atoms with van der Waals surface area (Å²) in [5, 5.41) is 5.23. The molecular formula is C17H22N2O5. The Hall–Kier alpha value is -2.57. The standard InChI is InChI=1S/C17H22N2O5/c1-11(12-3-4-12)19-15(20)10-24-16(21)9-18-17(22)13-5-7-14(23-2)8-6-13/h5-8,11-12H,3-4,9-10H2,1-2H3,(H,18,22)(H,19,20)/t11-/m0/s1. The van der Waals surface area contributed by atoms with E-state index in [0.717, 1.165) is 12.8 Å². The highest BCUT2D eigenvalue weighted by Crippen LogP contribution is 2.32. The van der Waals surface area contributed by atoms with Gasteiger partial charge in [0.25, 0.3) is 11.8 Å². The number of hydrogen-bond acceptors (Lipinski definition) is 5. The molecule has 2 amide bonds. The molecule has 0 spiro atoms. The average Bonchev–Trinajstić information content (AvgIpc) is 3.43. The van der Waals surface area contributed by atoms with Gasteiger partial charge in [-0.3, -0.25) is 14.4 Å². The van der Waals surface area contributed by atoms with Crippen molar-refractivity contribution in [3.63, 3.8) is 0 Å². The van der Waals surface area contributed by atoms with Crippen LogP contribution in [0.25, 0.3) is 0 Å². The highest BCUT2D eigenvalue weighted by molar-refractivity contribution is 5.96. The van der Waals surface area contributed by atoms with Crippen molar-refractivity contribution in [2.75, 3.05) is 20.3 Å². The fourth-order valence-corrected chi connectivity index (χ4v) is 2.20. The Labute approximate surface area is 140 Å². The molecule has 0 heterocycles. The zero-order valence-electron chi connectivity index (χ0n) is 13.8. The maximum Gasteiger partial charge on any atom is 0.325 e. The Bertz CT molecular complexity index is 596. The molecule has 1 fully saturated rings. The van der Waals surface area contributed by atoms with Crippen LogP contribution in [0.5, 0.6) is 5.75 Å². The van der Waals surface area contributed by atoms with Crippen molar-refractivity contribution >= 4 is 17.8 Å². The van der Waals surface area contributed by atoms with Gasteiger partial charge >= 0.3 is 5.97 Å². The van der Waals surface area contributed by atoms with Crippen LogP contribution >= 0.6 is 0 Å². The first-order chi connectivity index (χ1) is 11.5. The molecule has 0 unspecified atom stereocenters. The number of rotatable bonds is 8. The summed E-state index contributed by atoms with van der Waals surface area (Å²) in [6, 6.07) is 6.58. The molecule has 0 aromatic heterocycles. The minimum atomic E-state index is -0.661. The molecule has 1 saturated carbocycles. The van der Waals surface area contributed by atoms with Gasteiger partial charge in [-0.15, -0.1) is 0 Å². The van der Waals surface area contributed by atoms with Gasteiger partial charge in [0.05, 0.1) is 7.11 Å². The molecular weight excluding hydrogens is 312 g/mol. The summed E-state index contributed by atoms with van der Waals surface area (Å²) in [5.41, 5.74) is 0.402. The van der Waals surface area contributed by atoms with Gasteiger partial charge in [0.2, 0.25) is 0 Å². The predicted molar refractivity (Wildman–Crippen MR) is 86.6 cm³/mol. The molecule has 1 atom stereocenters. The van der Waals surface area contributed by atoms with E-state index in [9.17, 15) is 14.4 Å². The number of nitrogens with one attached hydrogen (secondary N) is 2. The molecule has 0 bridgehead atoms. The maximum absolute atomic E-state index is 11.9. The van der Waals surface area contributed by atoms with E-state index in [4.69, 9.17) is 9.47 Å². The molecule has 7 heteroatoms. The number of hydrogen-bond donors (Lipinski definition) is 2. The van der Waals surface area contributed by atoms with E-state index in [1.807, 2.05) is 6.92 Å². The largest absolute Gasteiger partial charge is 0.497 e. The van der Waals surface area contributed by atoms with Gasteiger partial charge in [-0.1, -0.05) is 0 Å². The minimum Gasteiger partial charge on any atom is -0.497 e. The lowest BCUT2D eigenvalue weighted by molar-refractivity contribution is -0.147. The topological polar surface area (TPSA) is 93.7 Å². The Morgan fingerprint density at radius 2 is 1.88 bits per heavy atom. The van der Waals surface area contributed by atoms with Gasteiger partial charge in [-0.05, 0) is 49.9 Å². The second kappa shape index (κ2) is 8.33.